The molecular formula is C23H26FN3O2. The molecular weight excluding hydrogens is 369 g/mol. The Morgan fingerprint density at radius 3 is 2.62 bits per heavy atom. The van der Waals surface area contributed by atoms with Crippen molar-refractivity contribution in [2.24, 2.45) is 7.05 Å². The van der Waals surface area contributed by atoms with Gasteiger partial charge in [-0.1, -0.05) is 36.4 Å². The van der Waals surface area contributed by atoms with Gasteiger partial charge in [-0.05, 0) is 31.9 Å². The lowest BCUT2D eigenvalue weighted by Gasteiger charge is -2.24. The maximum Gasteiger partial charge on any atom is 0.222 e. The molecule has 1 atom stereocenters. The summed E-state index contributed by atoms with van der Waals surface area (Å²) in [4.78, 5) is 2.28. The molecule has 0 amide bonds. The lowest BCUT2D eigenvalue weighted by atomic mass is 10.1. The van der Waals surface area contributed by atoms with Crippen LogP contribution in [-0.2, 0) is 13.6 Å². The Morgan fingerprint density at radius 1 is 1.21 bits per heavy atom. The van der Waals surface area contributed by atoms with Crippen molar-refractivity contribution >= 4 is 0 Å². The molecule has 0 saturated heterocycles. The molecule has 0 radical (unpaired) electrons. The number of hydrogen-bond donors (Lipinski definition) is 1. The minimum Gasteiger partial charge on any atom is -0.439 e. The zero-order chi connectivity index (χ0) is 20.4. The highest BCUT2D eigenvalue weighted by Crippen LogP contribution is 2.37. The van der Waals surface area contributed by atoms with Gasteiger partial charge in [-0.15, -0.1) is 0 Å². The molecule has 1 N–H and O–H groups in total. The van der Waals surface area contributed by atoms with Crippen LogP contribution in [0.1, 0.15) is 25.3 Å². The summed E-state index contributed by atoms with van der Waals surface area (Å²) in [6.45, 7) is 3.01. The fourth-order valence-electron chi connectivity index (χ4n) is 3.62. The maximum absolute atomic E-state index is 13.7. The lowest BCUT2D eigenvalue weighted by molar-refractivity contribution is 0.117. The third kappa shape index (κ3) is 4.66. The average Bonchev–Trinajstić information content (AvgIpc) is 3.49. The monoisotopic (exact) mass is 395 g/mol. The van der Waals surface area contributed by atoms with Crippen molar-refractivity contribution in [2.45, 2.75) is 38.5 Å². The highest BCUT2D eigenvalue weighted by atomic mass is 19.1. The molecule has 3 aromatic rings. The molecule has 1 fully saturated rings. The molecule has 4 rings (SSSR count). The Kier molecular flexibility index (Phi) is 5.65. The second-order valence-electron chi connectivity index (χ2n) is 7.69. The van der Waals surface area contributed by atoms with Crippen LogP contribution < -0.4 is 4.74 Å². The first-order valence-corrected chi connectivity index (χ1v) is 9.98. The van der Waals surface area contributed by atoms with Crippen LogP contribution in [0.15, 0.2) is 54.6 Å². The molecule has 1 heterocycles. The summed E-state index contributed by atoms with van der Waals surface area (Å²) in [6, 6.07) is 16.6. The van der Waals surface area contributed by atoms with E-state index in [4.69, 9.17) is 9.84 Å². The number of nitrogens with zero attached hydrogens (tertiary/aromatic N) is 3. The molecule has 5 nitrogen and oxygen atoms in total. The van der Waals surface area contributed by atoms with Crippen LogP contribution in [-0.4, -0.2) is 38.5 Å². The Hall–Kier alpha value is -2.70. The largest absolute Gasteiger partial charge is 0.439 e. The minimum absolute atomic E-state index is 0.344. The van der Waals surface area contributed by atoms with E-state index in [1.54, 1.807) is 23.7 Å². The number of aryl methyl sites for hydroxylation is 1. The summed E-state index contributed by atoms with van der Waals surface area (Å²) in [5.74, 6) is 0.677. The molecule has 2 aromatic carbocycles. The Balaban J connectivity index is 1.74. The second kappa shape index (κ2) is 8.35. The van der Waals surface area contributed by atoms with Crippen LogP contribution >= 0.6 is 0 Å². The van der Waals surface area contributed by atoms with E-state index in [9.17, 15) is 9.50 Å². The zero-order valence-electron chi connectivity index (χ0n) is 16.8. The molecule has 0 aliphatic heterocycles. The van der Waals surface area contributed by atoms with Crippen LogP contribution in [0.25, 0.3) is 11.3 Å². The van der Waals surface area contributed by atoms with Crippen molar-refractivity contribution in [1.29, 1.82) is 0 Å². The van der Waals surface area contributed by atoms with Crippen molar-refractivity contribution < 1.29 is 14.2 Å². The molecule has 0 spiro atoms. The number of aliphatic hydroxyl groups is 1. The SMILES string of the molecule is C[C@H](O)CN(Cc1c(-c2ccccc2)nn(C)c1Oc1cccc(F)c1)C1CC1. The summed E-state index contributed by atoms with van der Waals surface area (Å²) in [6.07, 6.45) is 1.85. The van der Waals surface area contributed by atoms with E-state index in [0.29, 0.717) is 30.8 Å². The molecule has 0 bridgehead atoms. The topological polar surface area (TPSA) is 50.5 Å². The van der Waals surface area contributed by atoms with E-state index in [2.05, 4.69) is 4.90 Å². The van der Waals surface area contributed by atoms with Gasteiger partial charge in [-0.25, -0.2) is 9.07 Å². The first-order valence-electron chi connectivity index (χ1n) is 9.98. The van der Waals surface area contributed by atoms with Crippen molar-refractivity contribution in [3.05, 3.63) is 66.0 Å². The molecule has 1 aliphatic rings. The quantitative estimate of drug-likeness (QED) is 0.616. The van der Waals surface area contributed by atoms with Crippen molar-refractivity contribution in [1.82, 2.24) is 14.7 Å². The van der Waals surface area contributed by atoms with E-state index in [-0.39, 0.29) is 5.82 Å². The van der Waals surface area contributed by atoms with Gasteiger partial charge in [0.25, 0.3) is 0 Å². The maximum atomic E-state index is 13.7. The second-order valence-corrected chi connectivity index (χ2v) is 7.69. The van der Waals surface area contributed by atoms with Gasteiger partial charge in [0.15, 0.2) is 0 Å². The standard InChI is InChI=1S/C23H26FN3O2/c1-16(28)14-27(19-11-12-19)15-21-22(17-7-4-3-5-8-17)25-26(2)23(21)29-20-10-6-9-18(24)13-20/h3-10,13,16,19,28H,11-12,14-15H2,1-2H3/t16-/m0/s1. The molecule has 152 valence electrons. The van der Waals surface area contributed by atoms with Crippen molar-refractivity contribution in [3.8, 4) is 22.9 Å². The third-order valence-corrected chi connectivity index (χ3v) is 5.07. The van der Waals surface area contributed by atoms with Gasteiger partial charge in [-0.2, -0.15) is 5.10 Å². The van der Waals surface area contributed by atoms with Crippen LogP contribution in [0.5, 0.6) is 11.6 Å². The number of aromatic nitrogens is 2. The predicted octanol–water partition coefficient (Wildman–Crippen LogP) is 4.36. The fourth-order valence-corrected chi connectivity index (χ4v) is 3.62. The van der Waals surface area contributed by atoms with Crippen LogP contribution in [0.3, 0.4) is 0 Å². The minimum atomic E-state index is -0.417. The van der Waals surface area contributed by atoms with Gasteiger partial charge in [0.2, 0.25) is 5.88 Å². The first-order chi connectivity index (χ1) is 14.0. The molecule has 0 unspecified atom stereocenters. The summed E-state index contributed by atoms with van der Waals surface area (Å²) < 4.78 is 21.5. The Labute approximate surface area is 170 Å². The van der Waals surface area contributed by atoms with E-state index in [1.165, 1.54) is 12.1 Å². The van der Waals surface area contributed by atoms with Crippen molar-refractivity contribution in [3.63, 3.8) is 0 Å². The molecule has 6 heteroatoms. The Bertz CT molecular complexity index is 968. The summed E-state index contributed by atoms with van der Waals surface area (Å²) in [5, 5.41) is 14.7. The number of halogens is 1. The van der Waals surface area contributed by atoms with E-state index in [1.807, 2.05) is 37.4 Å². The van der Waals surface area contributed by atoms with Crippen LogP contribution in [0.4, 0.5) is 4.39 Å². The van der Waals surface area contributed by atoms with Gasteiger partial charge >= 0.3 is 0 Å². The lowest BCUT2D eigenvalue weighted by Crippen LogP contribution is -2.32. The highest BCUT2D eigenvalue weighted by molar-refractivity contribution is 5.65. The van der Waals surface area contributed by atoms with Gasteiger partial charge in [0.05, 0.1) is 11.7 Å². The number of ether oxygens (including phenoxy) is 1. The predicted molar refractivity (Wildman–Crippen MR) is 110 cm³/mol. The van der Waals surface area contributed by atoms with Crippen LogP contribution in [0.2, 0.25) is 0 Å². The first kappa shape index (κ1) is 19.6. The molecule has 1 aliphatic carbocycles. The average molecular weight is 395 g/mol. The molecule has 1 saturated carbocycles. The van der Waals surface area contributed by atoms with Crippen molar-refractivity contribution in [2.75, 3.05) is 6.54 Å². The van der Waals surface area contributed by atoms with Gasteiger partial charge in [0.1, 0.15) is 17.3 Å². The van der Waals surface area contributed by atoms with E-state index >= 15 is 0 Å². The Morgan fingerprint density at radius 2 is 1.97 bits per heavy atom. The third-order valence-electron chi connectivity index (χ3n) is 5.07. The van der Waals surface area contributed by atoms with Gasteiger partial charge < -0.3 is 9.84 Å². The number of rotatable bonds is 8. The van der Waals surface area contributed by atoms with E-state index in [0.717, 1.165) is 29.7 Å². The number of benzene rings is 2. The summed E-state index contributed by atoms with van der Waals surface area (Å²) in [7, 11) is 1.83. The zero-order valence-corrected chi connectivity index (χ0v) is 16.8. The normalized spacial score (nSPS) is 14.9. The smallest absolute Gasteiger partial charge is 0.222 e. The molecule has 1 aromatic heterocycles. The van der Waals surface area contributed by atoms with Gasteiger partial charge in [-0.3, -0.25) is 4.90 Å². The fraction of sp³-hybridized carbons (Fsp3) is 0.348. The van der Waals surface area contributed by atoms with Crippen LogP contribution in [0, 0.1) is 5.82 Å². The number of hydrogen-bond acceptors (Lipinski definition) is 4. The summed E-state index contributed by atoms with van der Waals surface area (Å²) >= 11 is 0. The summed E-state index contributed by atoms with van der Waals surface area (Å²) in [5.41, 5.74) is 2.78. The molecule has 29 heavy (non-hydrogen) atoms. The number of aliphatic hydroxyl groups excluding tert-OH is 1. The highest BCUT2D eigenvalue weighted by Gasteiger charge is 2.32. The van der Waals surface area contributed by atoms with Gasteiger partial charge in [0, 0.05) is 37.8 Å². The van der Waals surface area contributed by atoms with E-state index < -0.39 is 6.10 Å².